The van der Waals surface area contributed by atoms with E-state index in [1.807, 2.05) is 11.4 Å². The highest BCUT2D eigenvalue weighted by Crippen LogP contribution is 2.30. The second kappa shape index (κ2) is 5.96. The fourth-order valence-corrected chi connectivity index (χ4v) is 2.96. The number of hydrogen-bond acceptors (Lipinski definition) is 4. The number of thiazole rings is 1. The van der Waals surface area contributed by atoms with Crippen LogP contribution in [-0.2, 0) is 0 Å². The van der Waals surface area contributed by atoms with Crippen LogP contribution in [0.3, 0.4) is 0 Å². The zero-order valence-corrected chi connectivity index (χ0v) is 12.4. The molecule has 8 heteroatoms. The Labute approximate surface area is 133 Å². The van der Waals surface area contributed by atoms with Crippen LogP contribution in [0.5, 0.6) is 0 Å². The van der Waals surface area contributed by atoms with Crippen molar-refractivity contribution in [1.82, 2.24) is 15.3 Å². The lowest BCUT2D eigenvalue weighted by molar-refractivity contribution is -0.123. The Bertz CT molecular complexity index is 846. The lowest BCUT2D eigenvalue weighted by atomic mass is 10.2. The van der Waals surface area contributed by atoms with Crippen molar-refractivity contribution in [2.75, 3.05) is 6.54 Å². The van der Waals surface area contributed by atoms with Gasteiger partial charge in [0.15, 0.2) is 0 Å². The smallest absolute Gasteiger partial charge is 0.343 e. The van der Waals surface area contributed by atoms with Crippen molar-refractivity contribution in [2.24, 2.45) is 0 Å². The highest BCUT2D eigenvalue weighted by molar-refractivity contribution is 7.21. The normalized spacial score (nSPS) is 11.6. The van der Waals surface area contributed by atoms with E-state index in [1.165, 1.54) is 17.4 Å². The first-order chi connectivity index (χ1) is 10.9. The average Bonchev–Trinajstić information content (AvgIpc) is 2.96. The number of fused-ring (bicyclic) bond motifs is 1. The third-order valence-electron chi connectivity index (χ3n) is 3.01. The van der Waals surface area contributed by atoms with E-state index in [2.05, 4.69) is 9.97 Å². The molecule has 23 heavy (non-hydrogen) atoms. The van der Waals surface area contributed by atoms with Crippen molar-refractivity contribution in [2.45, 2.75) is 6.18 Å². The first-order valence-corrected chi connectivity index (χ1v) is 7.40. The number of aromatic nitrogens is 2. The molecule has 0 fully saturated rings. The summed E-state index contributed by atoms with van der Waals surface area (Å²) in [6.07, 6.45) is -1.10. The Kier molecular flexibility index (Phi) is 3.99. The molecule has 4 nitrogen and oxygen atoms in total. The molecule has 3 rings (SSSR count). The Balaban J connectivity index is 1.86. The van der Waals surface area contributed by atoms with Crippen molar-refractivity contribution in [1.29, 1.82) is 0 Å². The predicted molar refractivity (Wildman–Crippen MR) is 81.2 cm³/mol. The second-order valence-electron chi connectivity index (χ2n) is 4.74. The minimum absolute atomic E-state index is 0.170. The number of hydrogen-bond donors (Lipinski definition) is 1. The maximum atomic E-state index is 12.1. The molecular formula is C15H10F3N3OS. The summed E-state index contributed by atoms with van der Waals surface area (Å²) < 4.78 is 37.2. The van der Waals surface area contributed by atoms with E-state index >= 15 is 0 Å². The monoisotopic (exact) mass is 337 g/mol. The number of benzene rings is 1. The lowest BCUT2D eigenvalue weighted by Crippen LogP contribution is -2.33. The van der Waals surface area contributed by atoms with E-state index in [1.54, 1.807) is 30.6 Å². The van der Waals surface area contributed by atoms with E-state index in [4.69, 9.17) is 0 Å². The number of rotatable bonds is 3. The molecule has 0 saturated carbocycles. The van der Waals surface area contributed by atoms with Gasteiger partial charge in [-0.05, 0) is 30.3 Å². The molecular weight excluding hydrogens is 327 g/mol. The highest BCUT2D eigenvalue weighted by atomic mass is 32.1. The fourth-order valence-electron chi connectivity index (χ4n) is 1.96. The molecule has 0 radical (unpaired) electrons. The number of pyridine rings is 1. The molecule has 0 atom stereocenters. The van der Waals surface area contributed by atoms with Gasteiger partial charge in [0.05, 0.1) is 10.2 Å². The van der Waals surface area contributed by atoms with Gasteiger partial charge in [0.1, 0.15) is 11.6 Å². The van der Waals surface area contributed by atoms with Gasteiger partial charge >= 0.3 is 6.18 Å². The average molecular weight is 337 g/mol. The fraction of sp³-hybridized carbons (Fsp3) is 0.133. The Morgan fingerprint density at radius 1 is 1.26 bits per heavy atom. The van der Waals surface area contributed by atoms with Crippen LogP contribution >= 0.6 is 11.3 Å². The molecule has 1 amide bonds. The van der Waals surface area contributed by atoms with Crippen molar-refractivity contribution in [3.05, 3.63) is 48.3 Å². The van der Waals surface area contributed by atoms with E-state index < -0.39 is 18.6 Å². The molecule has 0 saturated heterocycles. The lowest BCUT2D eigenvalue weighted by Gasteiger charge is -2.08. The van der Waals surface area contributed by atoms with Crippen LogP contribution in [0.1, 0.15) is 10.4 Å². The first kappa shape index (κ1) is 15.4. The molecule has 1 N–H and O–H groups in total. The minimum Gasteiger partial charge on any atom is -0.343 e. The third-order valence-corrected chi connectivity index (χ3v) is 4.08. The summed E-state index contributed by atoms with van der Waals surface area (Å²) in [7, 11) is 0. The van der Waals surface area contributed by atoms with Crippen molar-refractivity contribution >= 4 is 27.5 Å². The van der Waals surface area contributed by atoms with Gasteiger partial charge in [-0.2, -0.15) is 13.2 Å². The van der Waals surface area contributed by atoms with Gasteiger partial charge in [0, 0.05) is 23.5 Å². The number of carbonyl (C=O) groups is 1. The summed E-state index contributed by atoms with van der Waals surface area (Å²) in [5, 5.41) is 2.59. The topological polar surface area (TPSA) is 54.9 Å². The van der Waals surface area contributed by atoms with Gasteiger partial charge in [-0.15, -0.1) is 11.3 Å². The van der Waals surface area contributed by atoms with Crippen LogP contribution in [-0.4, -0.2) is 28.6 Å². The standard InChI is InChI=1S/C15H10F3N3OS/c16-15(17,18)8-20-13(22)9-3-4-11-12(6-9)23-14(21-11)10-2-1-5-19-7-10/h1-7H,8H2,(H,20,22). The molecule has 2 heterocycles. The molecule has 0 aliphatic carbocycles. The number of nitrogens with zero attached hydrogens (tertiary/aromatic N) is 2. The van der Waals surface area contributed by atoms with Gasteiger partial charge in [-0.1, -0.05) is 0 Å². The molecule has 0 aliphatic rings. The first-order valence-electron chi connectivity index (χ1n) is 6.58. The summed E-state index contributed by atoms with van der Waals surface area (Å²) in [4.78, 5) is 20.2. The van der Waals surface area contributed by atoms with Crippen molar-refractivity contribution in [3.63, 3.8) is 0 Å². The summed E-state index contributed by atoms with van der Waals surface area (Å²) in [5.41, 5.74) is 1.70. The quantitative estimate of drug-likeness (QED) is 0.794. The molecule has 0 unspecified atom stereocenters. The molecule has 118 valence electrons. The minimum atomic E-state index is -4.43. The number of carbonyl (C=O) groups excluding carboxylic acids is 1. The van der Waals surface area contributed by atoms with Crippen LogP contribution in [0, 0.1) is 0 Å². The highest BCUT2D eigenvalue weighted by Gasteiger charge is 2.27. The van der Waals surface area contributed by atoms with Gasteiger partial charge in [-0.3, -0.25) is 9.78 Å². The van der Waals surface area contributed by atoms with Crippen LogP contribution in [0.2, 0.25) is 0 Å². The zero-order valence-electron chi connectivity index (χ0n) is 11.6. The van der Waals surface area contributed by atoms with Crippen LogP contribution in [0.25, 0.3) is 20.8 Å². The van der Waals surface area contributed by atoms with Gasteiger partial charge in [0.2, 0.25) is 0 Å². The van der Waals surface area contributed by atoms with Crippen LogP contribution < -0.4 is 5.32 Å². The SMILES string of the molecule is O=C(NCC(F)(F)F)c1ccc2nc(-c3cccnc3)sc2c1. The summed E-state index contributed by atoms with van der Waals surface area (Å²) in [5.74, 6) is -0.763. The zero-order chi connectivity index (χ0) is 16.4. The maximum absolute atomic E-state index is 12.1. The summed E-state index contributed by atoms with van der Waals surface area (Å²) in [6, 6.07) is 8.27. The summed E-state index contributed by atoms with van der Waals surface area (Å²) >= 11 is 1.35. The van der Waals surface area contributed by atoms with E-state index in [9.17, 15) is 18.0 Å². The Hall–Kier alpha value is -2.48. The van der Waals surface area contributed by atoms with Crippen LogP contribution in [0.4, 0.5) is 13.2 Å². The Morgan fingerprint density at radius 3 is 2.78 bits per heavy atom. The number of halogens is 3. The van der Waals surface area contributed by atoms with Crippen molar-refractivity contribution in [3.8, 4) is 10.6 Å². The summed E-state index contributed by atoms with van der Waals surface area (Å²) in [6.45, 7) is -1.35. The molecule has 0 bridgehead atoms. The molecule has 2 aromatic heterocycles. The maximum Gasteiger partial charge on any atom is 0.405 e. The van der Waals surface area contributed by atoms with E-state index in [0.29, 0.717) is 5.52 Å². The third kappa shape index (κ3) is 3.65. The number of alkyl halides is 3. The van der Waals surface area contributed by atoms with E-state index in [0.717, 1.165) is 15.3 Å². The van der Waals surface area contributed by atoms with E-state index in [-0.39, 0.29) is 5.56 Å². The second-order valence-corrected chi connectivity index (χ2v) is 5.77. The van der Waals surface area contributed by atoms with Gasteiger partial charge in [0.25, 0.3) is 5.91 Å². The number of amides is 1. The van der Waals surface area contributed by atoms with Crippen molar-refractivity contribution < 1.29 is 18.0 Å². The van der Waals surface area contributed by atoms with Crippen LogP contribution in [0.15, 0.2) is 42.7 Å². The molecule has 1 aromatic carbocycles. The predicted octanol–water partition coefficient (Wildman–Crippen LogP) is 3.65. The van der Waals surface area contributed by atoms with Gasteiger partial charge < -0.3 is 5.32 Å². The number of nitrogens with one attached hydrogen (secondary N) is 1. The molecule has 3 aromatic rings. The Morgan fingerprint density at radius 2 is 2.09 bits per heavy atom. The largest absolute Gasteiger partial charge is 0.405 e. The molecule has 0 aliphatic heterocycles. The van der Waals surface area contributed by atoms with Gasteiger partial charge in [-0.25, -0.2) is 4.98 Å². The molecule has 0 spiro atoms.